The number of nitrogens with zero attached hydrogens (tertiary/aromatic N) is 2. The van der Waals surface area contributed by atoms with Crippen molar-refractivity contribution in [3.63, 3.8) is 0 Å². The molecule has 16 heavy (non-hydrogen) atoms. The number of aliphatic hydroxyl groups excluding tert-OH is 1. The zero-order valence-electron chi connectivity index (χ0n) is 9.75. The fraction of sp³-hybridized carbons (Fsp3) is 1.00. The minimum atomic E-state index is -2.22. The molecule has 3 nitrogen and oxygen atoms in total. The molecule has 0 saturated carbocycles. The van der Waals surface area contributed by atoms with E-state index in [1.54, 1.807) is 0 Å². The maximum Gasteiger partial charge on any atom is 0.251 e. The fourth-order valence-corrected chi connectivity index (χ4v) is 2.07. The zero-order chi connectivity index (χ0) is 11.8. The van der Waals surface area contributed by atoms with E-state index in [9.17, 15) is 8.78 Å². The number of hydrogen-bond acceptors (Lipinski definition) is 3. The van der Waals surface area contributed by atoms with Crippen molar-refractivity contribution in [1.29, 1.82) is 0 Å². The van der Waals surface area contributed by atoms with Crippen LogP contribution in [0.3, 0.4) is 0 Å². The van der Waals surface area contributed by atoms with Gasteiger partial charge in [-0.1, -0.05) is 0 Å². The van der Waals surface area contributed by atoms with Gasteiger partial charge in [0.2, 0.25) is 0 Å². The van der Waals surface area contributed by atoms with Crippen molar-refractivity contribution in [1.82, 2.24) is 9.80 Å². The molecule has 0 unspecified atom stereocenters. The van der Waals surface area contributed by atoms with Crippen molar-refractivity contribution < 1.29 is 13.9 Å². The molecule has 1 fully saturated rings. The Kier molecular flexibility index (Phi) is 6.84. The zero-order valence-corrected chi connectivity index (χ0v) is 9.75. The van der Waals surface area contributed by atoms with E-state index in [0.717, 1.165) is 52.0 Å². The van der Waals surface area contributed by atoms with E-state index in [0.29, 0.717) is 0 Å². The predicted molar refractivity (Wildman–Crippen MR) is 59.8 cm³/mol. The summed E-state index contributed by atoms with van der Waals surface area (Å²) in [6, 6.07) is 0. The number of unbranched alkanes of at least 4 members (excludes halogenated alkanes) is 1. The first-order chi connectivity index (χ1) is 7.72. The summed E-state index contributed by atoms with van der Waals surface area (Å²) >= 11 is 0. The number of hydrogen-bond donors (Lipinski definition) is 1. The summed E-state index contributed by atoms with van der Waals surface area (Å²) in [7, 11) is 0. The van der Waals surface area contributed by atoms with Gasteiger partial charge in [0.25, 0.3) is 6.43 Å². The van der Waals surface area contributed by atoms with Gasteiger partial charge in [0, 0.05) is 19.7 Å². The van der Waals surface area contributed by atoms with Crippen molar-refractivity contribution in [2.45, 2.75) is 25.7 Å². The molecule has 1 aliphatic heterocycles. The summed E-state index contributed by atoms with van der Waals surface area (Å²) in [6.45, 7) is 4.51. The number of rotatable bonds is 6. The topological polar surface area (TPSA) is 26.7 Å². The van der Waals surface area contributed by atoms with E-state index in [-0.39, 0.29) is 13.2 Å². The summed E-state index contributed by atoms with van der Waals surface area (Å²) in [5, 5.41) is 8.68. The molecule has 1 aliphatic rings. The van der Waals surface area contributed by atoms with Gasteiger partial charge in [0.05, 0.1) is 6.54 Å². The summed E-state index contributed by atoms with van der Waals surface area (Å²) in [5.41, 5.74) is 0. The summed E-state index contributed by atoms with van der Waals surface area (Å²) in [6.07, 6.45) is 0.565. The minimum Gasteiger partial charge on any atom is -0.396 e. The van der Waals surface area contributed by atoms with Crippen LogP contribution in [0.2, 0.25) is 0 Å². The van der Waals surface area contributed by atoms with Gasteiger partial charge in [-0.15, -0.1) is 0 Å². The van der Waals surface area contributed by atoms with Crippen LogP contribution in [0.15, 0.2) is 0 Å². The summed E-state index contributed by atoms with van der Waals surface area (Å²) in [4.78, 5) is 4.15. The largest absolute Gasteiger partial charge is 0.396 e. The van der Waals surface area contributed by atoms with Crippen LogP contribution >= 0.6 is 0 Å². The van der Waals surface area contributed by atoms with Crippen molar-refractivity contribution in [2.24, 2.45) is 0 Å². The maximum atomic E-state index is 12.2. The first-order valence-electron chi connectivity index (χ1n) is 6.06. The van der Waals surface area contributed by atoms with E-state index >= 15 is 0 Å². The van der Waals surface area contributed by atoms with Crippen molar-refractivity contribution >= 4 is 0 Å². The maximum absolute atomic E-state index is 12.2. The second-order valence-corrected chi connectivity index (χ2v) is 4.32. The van der Waals surface area contributed by atoms with Gasteiger partial charge in [0.1, 0.15) is 0 Å². The molecular weight excluding hydrogens is 214 g/mol. The Morgan fingerprint density at radius 3 is 2.38 bits per heavy atom. The Bertz CT molecular complexity index is 181. The average molecular weight is 236 g/mol. The molecule has 0 aromatic rings. The number of aliphatic hydroxyl groups is 1. The first-order valence-corrected chi connectivity index (χ1v) is 6.06. The Hall–Kier alpha value is -0.260. The molecule has 0 aliphatic carbocycles. The second kappa shape index (κ2) is 7.92. The van der Waals surface area contributed by atoms with Gasteiger partial charge < -0.3 is 10.0 Å². The van der Waals surface area contributed by atoms with Gasteiger partial charge in [-0.2, -0.15) is 0 Å². The highest BCUT2D eigenvalue weighted by Gasteiger charge is 2.17. The standard InChI is InChI=1S/C11H22F2N2O/c12-11(13)10-15-6-3-5-14(7-8-15)4-1-2-9-16/h11,16H,1-10H2. The number of alkyl halides is 2. The fourth-order valence-electron chi connectivity index (χ4n) is 2.07. The van der Waals surface area contributed by atoms with Crippen molar-refractivity contribution in [3.05, 3.63) is 0 Å². The SMILES string of the molecule is OCCCCN1CCCN(CC(F)F)CC1. The molecule has 96 valence electrons. The molecule has 0 aromatic heterocycles. The van der Waals surface area contributed by atoms with Gasteiger partial charge in [0.15, 0.2) is 0 Å². The molecule has 1 heterocycles. The Labute approximate surface area is 96.0 Å². The highest BCUT2D eigenvalue weighted by atomic mass is 19.3. The Balaban J connectivity index is 2.18. The molecular formula is C11H22F2N2O. The van der Waals surface area contributed by atoms with Crippen LogP contribution in [0, 0.1) is 0 Å². The third-order valence-electron chi connectivity index (χ3n) is 2.96. The smallest absolute Gasteiger partial charge is 0.251 e. The molecule has 0 aromatic carbocycles. The van der Waals surface area contributed by atoms with Gasteiger partial charge >= 0.3 is 0 Å². The van der Waals surface area contributed by atoms with Crippen molar-refractivity contribution in [3.8, 4) is 0 Å². The van der Waals surface area contributed by atoms with Crippen LogP contribution in [0.5, 0.6) is 0 Å². The normalized spacial score (nSPS) is 20.2. The van der Waals surface area contributed by atoms with Crippen molar-refractivity contribution in [2.75, 3.05) is 45.9 Å². The quantitative estimate of drug-likeness (QED) is 0.698. The van der Waals surface area contributed by atoms with Gasteiger partial charge in [-0.05, 0) is 38.9 Å². The molecule has 0 radical (unpaired) electrons. The van der Waals surface area contributed by atoms with Gasteiger partial charge in [-0.3, -0.25) is 4.90 Å². The lowest BCUT2D eigenvalue weighted by Gasteiger charge is -2.21. The van der Waals surface area contributed by atoms with Crippen LogP contribution in [0.4, 0.5) is 8.78 Å². The molecule has 0 spiro atoms. The molecule has 1 saturated heterocycles. The third-order valence-corrected chi connectivity index (χ3v) is 2.96. The third kappa shape index (κ3) is 5.72. The lowest BCUT2D eigenvalue weighted by atomic mass is 10.3. The van der Waals surface area contributed by atoms with E-state index in [1.807, 2.05) is 4.90 Å². The van der Waals surface area contributed by atoms with Crippen LogP contribution in [-0.4, -0.2) is 67.2 Å². The molecule has 0 atom stereocenters. The van der Waals surface area contributed by atoms with E-state index < -0.39 is 6.43 Å². The van der Waals surface area contributed by atoms with E-state index in [4.69, 9.17) is 5.11 Å². The van der Waals surface area contributed by atoms with Crippen LogP contribution in [0.1, 0.15) is 19.3 Å². The monoisotopic (exact) mass is 236 g/mol. The second-order valence-electron chi connectivity index (χ2n) is 4.32. The number of halogens is 2. The molecule has 1 rings (SSSR count). The molecule has 0 amide bonds. The van der Waals surface area contributed by atoms with Crippen LogP contribution in [0.25, 0.3) is 0 Å². The lowest BCUT2D eigenvalue weighted by molar-refractivity contribution is 0.0898. The lowest BCUT2D eigenvalue weighted by Crippen LogP contribution is -2.34. The predicted octanol–water partition coefficient (Wildman–Crippen LogP) is 1.03. The van der Waals surface area contributed by atoms with Crippen LogP contribution in [-0.2, 0) is 0 Å². The van der Waals surface area contributed by atoms with Gasteiger partial charge in [-0.25, -0.2) is 8.78 Å². The summed E-state index contributed by atoms with van der Waals surface area (Å²) < 4.78 is 24.4. The van der Waals surface area contributed by atoms with E-state index in [2.05, 4.69) is 4.90 Å². The molecule has 0 bridgehead atoms. The minimum absolute atomic E-state index is 0.0928. The Morgan fingerprint density at radius 1 is 1.00 bits per heavy atom. The molecule has 5 heteroatoms. The molecule has 1 N–H and O–H groups in total. The highest BCUT2D eigenvalue weighted by molar-refractivity contribution is 4.70. The summed E-state index contributed by atoms with van der Waals surface area (Å²) in [5.74, 6) is 0. The Morgan fingerprint density at radius 2 is 1.69 bits per heavy atom. The highest BCUT2D eigenvalue weighted by Crippen LogP contribution is 2.06. The van der Waals surface area contributed by atoms with E-state index in [1.165, 1.54) is 0 Å². The average Bonchev–Trinajstić information content (AvgIpc) is 2.44. The first kappa shape index (κ1) is 13.8. The van der Waals surface area contributed by atoms with Crippen LogP contribution < -0.4 is 0 Å².